The Hall–Kier alpha value is -3.22. The summed E-state index contributed by atoms with van der Waals surface area (Å²) in [6.07, 6.45) is 3.46. The molecule has 1 fully saturated rings. The molecule has 7 heteroatoms. The van der Waals surface area contributed by atoms with Crippen LogP contribution in [0, 0.1) is 5.92 Å². The van der Waals surface area contributed by atoms with Crippen LogP contribution in [0.1, 0.15) is 12.0 Å². The molecule has 1 saturated heterocycles. The molecule has 26 heavy (non-hydrogen) atoms. The van der Waals surface area contributed by atoms with Gasteiger partial charge in [0.15, 0.2) is 0 Å². The standard InChI is InChI=1S/C19H20N4O3/c24-17(21-11-14-6-8-20-9-7-14)12-22-19(26)15-10-18(25)23(13-15)16-4-2-1-3-5-16/h1-9,15H,10-13H2,(H,21,24)(H,22,26)/t15-/m1/s1. The molecule has 2 aromatic rings. The lowest BCUT2D eigenvalue weighted by Gasteiger charge is -2.16. The van der Waals surface area contributed by atoms with E-state index in [2.05, 4.69) is 15.6 Å². The Balaban J connectivity index is 1.45. The van der Waals surface area contributed by atoms with Crippen LogP contribution in [-0.2, 0) is 20.9 Å². The Kier molecular flexibility index (Phi) is 5.58. The van der Waals surface area contributed by atoms with Crippen molar-refractivity contribution in [1.29, 1.82) is 0 Å². The lowest BCUT2D eigenvalue weighted by molar-refractivity contribution is -0.129. The van der Waals surface area contributed by atoms with Gasteiger partial charge < -0.3 is 15.5 Å². The largest absolute Gasteiger partial charge is 0.350 e. The zero-order valence-electron chi connectivity index (χ0n) is 14.2. The molecule has 0 saturated carbocycles. The van der Waals surface area contributed by atoms with Crippen LogP contribution in [0.2, 0.25) is 0 Å². The van der Waals surface area contributed by atoms with Crippen LogP contribution in [0.15, 0.2) is 54.9 Å². The van der Waals surface area contributed by atoms with Gasteiger partial charge in [-0.2, -0.15) is 0 Å². The third kappa shape index (κ3) is 4.44. The quantitative estimate of drug-likeness (QED) is 0.807. The van der Waals surface area contributed by atoms with Crippen molar-refractivity contribution in [3.05, 3.63) is 60.4 Å². The number of rotatable bonds is 6. The first-order valence-corrected chi connectivity index (χ1v) is 8.42. The molecule has 1 aromatic heterocycles. The highest BCUT2D eigenvalue weighted by Gasteiger charge is 2.35. The summed E-state index contributed by atoms with van der Waals surface area (Å²) in [6.45, 7) is 0.591. The Bertz CT molecular complexity index is 780. The molecule has 0 aliphatic carbocycles. The molecule has 0 radical (unpaired) electrons. The maximum atomic E-state index is 12.3. The molecule has 134 valence electrons. The summed E-state index contributed by atoms with van der Waals surface area (Å²) < 4.78 is 0. The summed E-state index contributed by atoms with van der Waals surface area (Å²) >= 11 is 0. The number of nitrogens with one attached hydrogen (secondary N) is 2. The summed E-state index contributed by atoms with van der Waals surface area (Å²) in [5.41, 5.74) is 1.71. The first-order chi connectivity index (χ1) is 12.6. The summed E-state index contributed by atoms with van der Waals surface area (Å²) in [5, 5.41) is 5.34. The van der Waals surface area contributed by atoms with Crippen LogP contribution in [0.3, 0.4) is 0 Å². The van der Waals surface area contributed by atoms with Crippen LogP contribution in [0.25, 0.3) is 0 Å². The van der Waals surface area contributed by atoms with Crippen molar-refractivity contribution in [1.82, 2.24) is 15.6 Å². The maximum absolute atomic E-state index is 12.3. The van der Waals surface area contributed by atoms with Gasteiger partial charge in [-0.15, -0.1) is 0 Å². The number of carbonyl (C=O) groups excluding carboxylic acids is 3. The number of para-hydroxylation sites is 1. The van der Waals surface area contributed by atoms with Crippen molar-refractivity contribution < 1.29 is 14.4 Å². The van der Waals surface area contributed by atoms with Crippen LogP contribution in [0.4, 0.5) is 5.69 Å². The monoisotopic (exact) mass is 352 g/mol. The van der Waals surface area contributed by atoms with Gasteiger partial charge in [0.2, 0.25) is 17.7 Å². The highest BCUT2D eigenvalue weighted by molar-refractivity contribution is 6.00. The number of hydrogen-bond acceptors (Lipinski definition) is 4. The normalized spacial score (nSPS) is 16.4. The van der Waals surface area contributed by atoms with Crippen molar-refractivity contribution in [2.24, 2.45) is 5.92 Å². The van der Waals surface area contributed by atoms with Gasteiger partial charge in [-0.1, -0.05) is 18.2 Å². The van der Waals surface area contributed by atoms with Crippen LogP contribution < -0.4 is 15.5 Å². The molecular formula is C19H20N4O3. The van der Waals surface area contributed by atoms with E-state index in [1.165, 1.54) is 0 Å². The molecule has 0 unspecified atom stereocenters. The zero-order chi connectivity index (χ0) is 18.4. The summed E-state index contributed by atoms with van der Waals surface area (Å²) in [6, 6.07) is 12.9. The molecule has 2 heterocycles. The number of hydrogen-bond donors (Lipinski definition) is 2. The van der Waals surface area contributed by atoms with Gasteiger partial charge in [-0.05, 0) is 29.8 Å². The number of benzene rings is 1. The lowest BCUT2D eigenvalue weighted by atomic mass is 10.1. The molecule has 1 aliphatic heterocycles. The molecule has 3 rings (SSSR count). The topological polar surface area (TPSA) is 91.4 Å². The van der Waals surface area contributed by atoms with Crippen LogP contribution >= 0.6 is 0 Å². The number of carbonyl (C=O) groups is 3. The van der Waals surface area contributed by atoms with Gasteiger partial charge in [-0.25, -0.2) is 0 Å². The number of nitrogens with zero attached hydrogens (tertiary/aromatic N) is 2. The van der Waals surface area contributed by atoms with E-state index in [0.717, 1.165) is 11.3 Å². The van der Waals surface area contributed by atoms with Crippen LogP contribution in [-0.4, -0.2) is 35.8 Å². The van der Waals surface area contributed by atoms with Gasteiger partial charge in [0.25, 0.3) is 0 Å². The fraction of sp³-hybridized carbons (Fsp3) is 0.263. The van der Waals surface area contributed by atoms with Crippen molar-refractivity contribution >= 4 is 23.4 Å². The molecule has 1 aliphatic rings. The highest BCUT2D eigenvalue weighted by Crippen LogP contribution is 2.24. The fourth-order valence-electron chi connectivity index (χ4n) is 2.82. The average molecular weight is 352 g/mol. The molecule has 1 atom stereocenters. The average Bonchev–Trinajstić information content (AvgIpc) is 3.08. The van der Waals surface area contributed by atoms with E-state index >= 15 is 0 Å². The fourth-order valence-corrected chi connectivity index (χ4v) is 2.82. The Morgan fingerprint density at radius 2 is 1.81 bits per heavy atom. The molecule has 1 aromatic carbocycles. The number of amides is 3. The first-order valence-electron chi connectivity index (χ1n) is 8.42. The Labute approximate surface area is 151 Å². The molecule has 0 bridgehead atoms. The second-order valence-corrected chi connectivity index (χ2v) is 6.09. The smallest absolute Gasteiger partial charge is 0.239 e. The third-order valence-electron chi connectivity index (χ3n) is 4.23. The minimum Gasteiger partial charge on any atom is -0.350 e. The first kappa shape index (κ1) is 17.6. The molecule has 0 spiro atoms. The van der Waals surface area contributed by atoms with Crippen molar-refractivity contribution in [2.45, 2.75) is 13.0 Å². The van der Waals surface area contributed by atoms with Gasteiger partial charge in [0.1, 0.15) is 0 Å². The highest BCUT2D eigenvalue weighted by atomic mass is 16.2. The Morgan fingerprint density at radius 3 is 2.54 bits per heavy atom. The molecule has 3 amide bonds. The van der Waals surface area contributed by atoms with Crippen molar-refractivity contribution in [2.75, 3.05) is 18.0 Å². The predicted molar refractivity (Wildman–Crippen MR) is 96.0 cm³/mol. The minimum absolute atomic E-state index is 0.0847. The molecule has 2 N–H and O–H groups in total. The number of pyridine rings is 1. The van der Waals surface area contributed by atoms with Crippen molar-refractivity contribution in [3.63, 3.8) is 0 Å². The zero-order valence-corrected chi connectivity index (χ0v) is 14.2. The van der Waals surface area contributed by atoms with Gasteiger partial charge in [0.05, 0.1) is 12.5 Å². The van der Waals surface area contributed by atoms with E-state index in [0.29, 0.717) is 13.1 Å². The maximum Gasteiger partial charge on any atom is 0.239 e. The summed E-state index contributed by atoms with van der Waals surface area (Å²) in [7, 11) is 0. The second-order valence-electron chi connectivity index (χ2n) is 6.09. The minimum atomic E-state index is -0.448. The lowest BCUT2D eigenvalue weighted by Crippen LogP contribution is -2.40. The van der Waals surface area contributed by atoms with E-state index in [9.17, 15) is 14.4 Å². The van der Waals surface area contributed by atoms with E-state index in [-0.39, 0.29) is 30.7 Å². The molecular weight excluding hydrogens is 332 g/mol. The van der Waals surface area contributed by atoms with E-state index in [4.69, 9.17) is 0 Å². The van der Waals surface area contributed by atoms with E-state index < -0.39 is 5.92 Å². The van der Waals surface area contributed by atoms with Gasteiger partial charge in [0, 0.05) is 37.6 Å². The number of aromatic nitrogens is 1. The van der Waals surface area contributed by atoms with Gasteiger partial charge in [-0.3, -0.25) is 19.4 Å². The van der Waals surface area contributed by atoms with Crippen molar-refractivity contribution in [3.8, 4) is 0 Å². The van der Waals surface area contributed by atoms with Gasteiger partial charge >= 0.3 is 0 Å². The number of anilines is 1. The summed E-state index contributed by atoms with van der Waals surface area (Å²) in [5.74, 6) is -1.09. The summed E-state index contributed by atoms with van der Waals surface area (Å²) in [4.78, 5) is 41.8. The Morgan fingerprint density at radius 1 is 1.08 bits per heavy atom. The molecule has 7 nitrogen and oxygen atoms in total. The van der Waals surface area contributed by atoms with E-state index in [1.807, 2.05) is 30.3 Å². The third-order valence-corrected chi connectivity index (χ3v) is 4.23. The second kappa shape index (κ2) is 8.24. The van der Waals surface area contributed by atoms with E-state index in [1.54, 1.807) is 29.4 Å². The SMILES string of the molecule is O=C(CNC(=O)[C@@H]1CC(=O)N(c2ccccc2)C1)NCc1ccncc1. The van der Waals surface area contributed by atoms with Crippen LogP contribution in [0.5, 0.6) is 0 Å². The predicted octanol–water partition coefficient (Wildman–Crippen LogP) is 0.867.